The van der Waals surface area contributed by atoms with E-state index in [0.717, 1.165) is 10.7 Å². The summed E-state index contributed by atoms with van der Waals surface area (Å²) in [5, 5.41) is 0. The highest BCUT2D eigenvalue weighted by molar-refractivity contribution is 7.90. The minimum atomic E-state index is -3.98. The van der Waals surface area contributed by atoms with Crippen LogP contribution in [0.3, 0.4) is 0 Å². The summed E-state index contributed by atoms with van der Waals surface area (Å²) in [6.07, 6.45) is 1.85. The Labute approximate surface area is 153 Å². The van der Waals surface area contributed by atoms with E-state index in [0.29, 0.717) is 30.1 Å². The fraction of sp³-hybridized carbons (Fsp3) is 0.562. The van der Waals surface area contributed by atoms with Gasteiger partial charge >= 0.3 is 16.2 Å². The highest BCUT2D eigenvalue weighted by Gasteiger charge is 2.37. The molecule has 1 aromatic carbocycles. The predicted molar refractivity (Wildman–Crippen MR) is 95.0 cm³/mol. The van der Waals surface area contributed by atoms with Gasteiger partial charge in [-0.2, -0.15) is 12.7 Å². The number of esters is 1. The van der Waals surface area contributed by atoms with Crippen LogP contribution in [0.1, 0.15) is 19.3 Å². The second-order valence-corrected chi connectivity index (χ2v) is 7.29. The molecule has 9 nitrogen and oxygen atoms in total. The minimum absolute atomic E-state index is 0.230. The fourth-order valence-corrected chi connectivity index (χ4v) is 4.34. The van der Waals surface area contributed by atoms with Gasteiger partial charge in [0.25, 0.3) is 0 Å². The van der Waals surface area contributed by atoms with E-state index in [1.54, 1.807) is 0 Å². The van der Waals surface area contributed by atoms with E-state index < -0.39 is 22.2 Å². The molecule has 0 aliphatic carbocycles. The number of anilines is 1. The van der Waals surface area contributed by atoms with Crippen molar-refractivity contribution in [3.05, 3.63) is 12.1 Å². The third-order valence-corrected chi connectivity index (χ3v) is 5.70. The highest BCUT2D eigenvalue weighted by Crippen LogP contribution is 2.40. The number of ether oxygens (including phenoxy) is 4. The van der Waals surface area contributed by atoms with Crippen LogP contribution in [0.25, 0.3) is 0 Å². The summed E-state index contributed by atoms with van der Waals surface area (Å²) >= 11 is 0. The van der Waals surface area contributed by atoms with Gasteiger partial charge in [-0.25, -0.2) is 0 Å². The van der Waals surface area contributed by atoms with Crippen molar-refractivity contribution in [2.75, 3.05) is 39.7 Å². The van der Waals surface area contributed by atoms with Crippen LogP contribution in [0.4, 0.5) is 5.69 Å². The van der Waals surface area contributed by atoms with Crippen molar-refractivity contribution >= 4 is 21.9 Å². The Balaban J connectivity index is 2.34. The topological polar surface area (TPSA) is 103 Å². The second kappa shape index (κ2) is 8.45. The van der Waals surface area contributed by atoms with E-state index in [9.17, 15) is 13.2 Å². The van der Waals surface area contributed by atoms with Crippen molar-refractivity contribution < 1.29 is 32.2 Å². The first-order valence-electron chi connectivity index (χ1n) is 8.05. The third-order valence-electron chi connectivity index (χ3n) is 4.15. The standard InChI is InChI=1S/C16H24N2O7S/c1-22-13-9-11(10-14(23-2)15(13)24-3)17-26(20,21)18-8-6-5-7-12(18)16(19)25-4/h9-10,12,17H,5-8H2,1-4H3/t12-/m0/s1. The van der Waals surface area contributed by atoms with Crippen LogP contribution in [0.15, 0.2) is 12.1 Å². The lowest BCUT2D eigenvalue weighted by molar-refractivity contribution is -0.146. The lowest BCUT2D eigenvalue weighted by atomic mass is 10.1. The van der Waals surface area contributed by atoms with Gasteiger partial charge in [-0.05, 0) is 19.3 Å². The quantitative estimate of drug-likeness (QED) is 0.704. The molecule has 1 atom stereocenters. The van der Waals surface area contributed by atoms with Gasteiger partial charge in [0.15, 0.2) is 11.5 Å². The van der Waals surface area contributed by atoms with Gasteiger partial charge in [-0.1, -0.05) is 0 Å². The zero-order valence-electron chi connectivity index (χ0n) is 15.3. The lowest BCUT2D eigenvalue weighted by Crippen LogP contribution is -2.50. The average Bonchev–Trinajstić information content (AvgIpc) is 2.66. The SMILES string of the molecule is COC(=O)[C@@H]1CCCCN1S(=O)(=O)Nc1cc(OC)c(OC)c(OC)c1. The lowest BCUT2D eigenvalue weighted by Gasteiger charge is -2.32. The fourth-order valence-electron chi connectivity index (χ4n) is 2.91. The van der Waals surface area contributed by atoms with Crippen molar-refractivity contribution in [1.29, 1.82) is 0 Å². The number of hydrogen-bond acceptors (Lipinski definition) is 7. The Kier molecular flexibility index (Phi) is 6.54. The monoisotopic (exact) mass is 388 g/mol. The second-order valence-electron chi connectivity index (χ2n) is 5.67. The number of carbonyl (C=O) groups is 1. The zero-order valence-corrected chi connectivity index (χ0v) is 16.1. The number of hydrogen-bond donors (Lipinski definition) is 1. The summed E-state index contributed by atoms with van der Waals surface area (Å²) < 4.78 is 49.7. The van der Waals surface area contributed by atoms with E-state index in [2.05, 4.69) is 4.72 Å². The maximum atomic E-state index is 12.8. The average molecular weight is 388 g/mol. The molecule has 146 valence electrons. The van der Waals surface area contributed by atoms with Crippen LogP contribution >= 0.6 is 0 Å². The van der Waals surface area contributed by atoms with Gasteiger partial charge in [-0.3, -0.25) is 9.52 Å². The van der Waals surface area contributed by atoms with Crippen LogP contribution in [0, 0.1) is 0 Å². The van der Waals surface area contributed by atoms with Gasteiger partial charge < -0.3 is 18.9 Å². The largest absolute Gasteiger partial charge is 0.493 e. The van der Waals surface area contributed by atoms with Crippen LogP contribution in [-0.2, 0) is 19.7 Å². The van der Waals surface area contributed by atoms with Gasteiger partial charge in [0, 0.05) is 18.7 Å². The minimum Gasteiger partial charge on any atom is -0.493 e. The molecule has 1 aliphatic rings. The molecule has 0 saturated carbocycles. The number of piperidine rings is 1. The molecule has 1 saturated heterocycles. The van der Waals surface area contributed by atoms with Gasteiger partial charge in [0.05, 0.1) is 34.1 Å². The van der Waals surface area contributed by atoms with Gasteiger partial charge in [-0.15, -0.1) is 0 Å². The molecular formula is C16H24N2O7S. The first kappa shape index (κ1) is 20.1. The van der Waals surface area contributed by atoms with Crippen LogP contribution in [-0.4, -0.2) is 59.7 Å². The molecule has 1 aromatic rings. The van der Waals surface area contributed by atoms with Crippen LogP contribution in [0.5, 0.6) is 17.2 Å². The number of nitrogens with zero attached hydrogens (tertiary/aromatic N) is 1. The van der Waals surface area contributed by atoms with Crippen LogP contribution in [0.2, 0.25) is 0 Å². The first-order valence-corrected chi connectivity index (χ1v) is 9.49. The molecule has 0 bridgehead atoms. The molecule has 0 radical (unpaired) electrons. The molecule has 0 unspecified atom stereocenters. The van der Waals surface area contributed by atoms with E-state index in [1.165, 1.54) is 40.6 Å². The number of rotatable bonds is 7. The van der Waals surface area contributed by atoms with Crippen molar-refractivity contribution in [1.82, 2.24) is 4.31 Å². The van der Waals surface area contributed by atoms with E-state index >= 15 is 0 Å². The summed E-state index contributed by atoms with van der Waals surface area (Å²) in [5.41, 5.74) is 0.230. The number of carbonyl (C=O) groups excluding carboxylic acids is 1. The highest BCUT2D eigenvalue weighted by atomic mass is 32.2. The Hall–Kier alpha value is -2.20. The predicted octanol–water partition coefficient (Wildman–Crippen LogP) is 1.40. The first-order chi connectivity index (χ1) is 12.4. The molecule has 0 aromatic heterocycles. The van der Waals surface area contributed by atoms with Gasteiger partial charge in [0.1, 0.15) is 6.04 Å². The van der Waals surface area contributed by atoms with E-state index in [-0.39, 0.29) is 12.2 Å². The Morgan fingerprint density at radius 2 is 1.69 bits per heavy atom. The smallest absolute Gasteiger partial charge is 0.324 e. The number of benzene rings is 1. The Morgan fingerprint density at radius 3 is 2.19 bits per heavy atom. The summed E-state index contributed by atoms with van der Waals surface area (Å²) in [6, 6.07) is 2.12. The maximum Gasteiger partial charge on any atom is 0.324 e. The molecule has 1 aliphatic heterocycles. The normalized spacial score (nSPS) is 18.1. The van der Waals surface area contributed by atoms with Crippen molar-refractivity contribution in [3.8, 4) is 17.2 Å². The Bertz CT molecular complexity index is 726. The molecule has 10 heteroatoms. The third kappa shape index (κ3) is 4.13. The molecule has 0 spiro atoms. The summed E-state index contributed by atoms with van der Waals surface area (Å²) in [7, 11) is 1.60. The molecule has 1 N–H and O–H groups in total. The molecule has 0 amide bonds. The zero-order chi connectivity index (χ0) is 19.3. The number of methoxy groups -OCH3 is 4. The van der Waals surface area contributed by atoms with E-state index in [4.69, 9.17) is 18.9 Å². The summed E-state index contributed by atoms with van der Waals surface area (Å²) in [4.78, 5) is 11.9. The molecular weight excluding hydrogens is 364 g/mol. The Morgan fingerprint density at radius 1 is 1.08 bits per heavy atom. The molecule has 26 heavy (non-hydrogen) atoms. The molecule has 1 heterocycles. The maximum absolute atomic E-state index is 12.8. The summed E-state index contributed by atoms with van der Waals surface area (Å²) in [6.45, 7) is 0.236. The van der Waals surface area contributed by atoms with Crippen molar-refractivity contribution in [3.63, 3.8) is 0 Å². The van der Waals surface area contributed by atoms with Crippen molar-refractivity contribution in [2.24, 2.45) is 0 Å². The number of nitrogens with one attached hydrogen (secondary N) is 1. The van der Waals surface area contributed by atoms with Crippen LogP contribution < -0.4 is 18.9 Å². The van der Waals surface area contributed by atoms with E-state index in [1.807, 2.05) is 0 Å². The van der Waals surface area contributed by atoms with Crippen molar-refractivity contribution in [2.45, 2.75) is 25.3 Å². The molecule has 1 fully saturated rings. The molecule has 2 rings (SSSR count). The summed E-state index contributed by atoms with van der Waals surface area (Å²) in [5.74, 6) is 0.406. The van der Waals surface area contributed by atoms with Gasteiger partial charge in [0.2, 0.25) is 5.75 Å².